The second-order valence-electron chi connectivity index (χ2n) is 5.85. The molecule has 112 valence electrons. The highest BCUT2D eigenvalue weighted by molar-refractivity contribution is 5.94. The van der Waals surface area contributed by atoms with E-state index in [-0.39, 0.29) is 11.3 Å². The van der Waals surface area contributed by atoms with Crippen molar-refractivity contribution < 1.29 is 23.5 Å². The van der Waals surface area contributed by atoms with Crippen LogP contribution >= 0.6 is 0 Å². The van der Waals surface area contributed by atoms with Crippen LogP contribution < -0.4 is 0 Å². The fourth-order valence-electron chi connectivity index (χ4n) is 3.26. The van der Waals surface area contributed by atoms with E-state index in [4.69, 9.17) is 5.11 Å². The molecule has 1 aliphatic carbocycles. The Morgan fingerprint density at radius 3 is 2.24 bits per heavy atom. The fraction of sp³-hybridized carbons (Fsp3) is 0.467. The minimum atomic E-state index is -0.866. The first kappa shape index (κ1) is 14.0. The molecule has 1 aromatic carbocycles. The zero-order valence-electron chi connectivity index (χ0n) is 11.3. The zero-order chi connectivity index (χ0) is 15.2. The maximum Gasteiger partial charge on any atom is 0.307 e. The number of carboxylic acid groups (broad SMARTS) is 1. The Morgan fingerprint density at radius 2 is 1.76 bits per heavy atom. The highest BCUT2D eigenvalue weighted by Gasteiger charge is 2.59. The van der Waals surface area contributed by atoms with Crippen LogP contribution in [0.15, 0.2) is 18.2 Å². The van der Waals surface area contributed by atoms with Gasteiger partial charge in [-0.15, -0.1) is 0 Å². The van der Waals surface area contributed by atoms with Crippen LogP contribution in [-0.2, 0) is 4.79 Å². The molecule has 1 N–H and O–H groups in total. The van der Waals surface area contributed by atoms with Crippen LogP contribution in [-0.4, -0.2) is 35.0 Å². The average molecular weight is 295 g/mol. The van der Waals surface area contributed by atoms with Crippen molar-refractivity contribution in [3.8, 4) is 0 Å². The highest BCUT2D eigenvalue weighted by atomic mass is 19.1. The van der Waals surface area contributed by atoms with Gasteiger partial charge in [0.15, 0.2) is 0 Å². The summed E-state index contributed by atoms with van der Waals surface area (Å²) in [6.07, 6.45) is 1.79. The molecule has 1 atom stereocenters. The second-order valence-corrected chi connectivity index (χ2v) is 5.85. The van der Waals surface area contributed by atoms with Gasteiger partial charge in [-0.1, -0.05) is 6.07 Å². The van der Waals surface area contributed by atoms with E-state index >= 15 is 0 Å². The summed E-state index contributed by atoms with van der Waals surface area (Å²) in [5.41, 5.74) is -0.741. The third kappa shape index (κ3) is 2.28. The summed E-state index contributed by atoms with van der Waals surface area (Å²) in [4.78, 5) is 24.6. The van der Waals surface area contributed by atoms with Gasteiger partial charge in [0, 0.05) is 13.1 Å². The van der Waals surface area contributed by atoms with Gasteiger partial charge >= 0.3 is 5.97 Å². The largest absolute Gasteiger partial charge is 0.481 e. The molecule has 0 radical (unpaired) electrons. The van der Waals surface area contributed by atoms with E-state index in [1.54, 1.807) is 0 Å². The Kier molecular flexibility index (Phi) is 3.19. The van der Waals surface area contributed by atoms with Gasteiger partial charge in [0.25, 0.3) is 5.91 Å². The standard InChI is InChI=1S/C15H15F2NO3/c16-10-2-1-3-11(17)12(10)13(19)18-6-4-15(5-7-18)8-9(15)14(20)21/h1-3,9H,4-8H2,(H,20,21). The van der Waals surface area contributed by atoms with E-state index in [0.717, 1.165) is 12.1 Å². The lowest BCUT2D eigenvalue weighted by Gasteiger charge is -2.32. The lowest BCUT2D eigenvalue weighted by Crippen LogP contribution is -2.40. The number of amides is 1. The first-order valence-corrected chi connectivity index (χ1v) is 6.91. The van der Waals surface area contributed by atoms with Crippen molar-refractivity contribution in [3.05, 3.63) is 35.4 Å². The number of carboxylic acids is 1. The SMILES string of the molecule is O=C(O)C1CC12CCN(C(=O)c1c(F)cccc1F)CC2. The summed E-state index contributed by atoms with van der Waals surface area (Å²) in [6.45, 7) is 0.687. The number of aliphatic carboxylic acids is 1. The third-order valence-corrected chi connectivity index (χ3v) is 4.71. The molecule has 0 aromatic heterocycles. The van der Waals surface area contributed by atoms with Crippen LogP contribution in [0.5, 0.6) is 0 Å². The van der Waals surface area contributed by atoms with Crippen molar-refractivity contribution in [2.24, 2.45) is 11.3 Å². The second kappa shape index (κ2) is 4.79. The van der Waals surface area contributed by atoms with E-state index in [0.29, 0.717) is 32.4 Å². The molecule has 0 bridgehead atoms. The molecule has 1 aliphatic heterocycles. The van der Waals surface area contributed by atoms with Crippen molar-refractivity contribution in [1.82, 2.24) is 4.90 Å². The van der Waals surface area contributed by atoms with Crippen LogP contribution in [0, 0.1) is 23.0 Å². The van der Waals surface area contributed by atoms with Gasteiger partial charge in [0.05, 0.1) is 5.92 Å². The summed E-state index contributed by atoms with van der Waals surface area (Å²) in [5, 5.41) is 9.02. The van der Waals surface area contributed by atoms with Gasteiger partial charge in [-0.05, 0) is 36.8 Å². The van der Waals surface area contributed by atoms with Gasteiger partial charge in [-0.2, -0.15) is 0 Å². The molecular formula is C15H15F2NO3. The minimum absolute atomic E-state index is 0.212. The van der Waals surface area contributed by atoms with Gasteiger partial charge in [0.1, 0.15) is 17.2 Å². The molecule has 4 nitrogen and oxygen atoms in total. The lowest BCUT2D eigenvalue weighted by molar-refractivity contribution is -0.139. The maximum absolute atomic E-state index is 13.6. The zero-order valence-corrected chi connectivity index (χ0v) is 11.3. The molecule has 1 saturated heterocycles. The molecule has 1 heterocycles. The Hall–Kier alpha value is -1.98. The van der Waals surface area contributed by atoms with Crippen molar-refractivity contribution in [3.63, 3.8) is 0 Å². The molecule has 1 unspecified atom stereocenters. The highest BCUT2D eigenvalue weighted by Crippen LogP contribution is 2.59. The lowest BCUT2D eigenvalue weighted by atomic mass is 9.90. The molecule has 2 fully saturated rings. The number of hydrogen-bond donors (Lipinski definition) is 1. The molecule has 2 aliphatic rings. The van der Waals surface area contributed by atoms with E-state index in [1.807, 2.05) is 0 Å². The number of halogens is 2. The molecule has 6 heteroatoms. The third-order valence-electron chi connectivity index (χ3n) is 4.71. The molecule has 21 heavy (non-hydrogen) atoms. The number of carbonyl (C=O) groups is 2. The summed E-state index contributed by atoms with van der Waals surface area (Å²) >= 11 is 0. The van der Waals surface area contributed by atoms with E-state index < -0.39 is 29.1 Å². The average Bonchev–Trinajstić information content (AvgIpc) is 3.13. The first-order valence-electron chi connectivity index (χ1n) is 6.91. The summed E-state index contributed by atoms with van der Waals surface area (Å²) < 4.78 is 27.2. The number of likely N-dealkylation sites (tertiary alicyclic amines) is 1. The molecular weight excluding hydrogens is 280 g/mol. The quantitative estimate of drug-likeness (QED) is 0.910. The van der Waals surface area contributed by atoms with Crippen molar-refractivity contribution in [2.75, 3.05) is 13.1 Å². The first-order chi connectivity index (χ1) is 9.94. The number of nitrogens with zero attached hydrogens (tertiary/aromatic N) is 1. The predicted molar refractivity (Wildman–Crippen MR) is 69.7 cm³/mol. The van der Waals surface area contributed by atoms with Gasteiger partial charge < -0.3 is 10.0 Å². The van der Waals surface area contributed by atoms with Gasteiger partial charge in [-0.25, -0.2) is 8.78 Å². The Balaban J connectivity index is 1.70. The van der Waals surface area contributed by atoms with Crippen LogP contribution in [0.4, 0.5) is 8.78 Å². The van der Waals surface area contributed by atoms with Crippen LogP contribution in [0.3, 0.4) is 0 Å². The van der Waals surface area contributed by atoms with Gasteiger partial charge in [0.2, 0.25) is 0 Å². The van der Waals surface area contributed by atoms with Crippen molar-refractivity contribution in [2.45, 2.75) is 19.3 Å². The predicted octanol–water partition coefficient (Wildman–Crippen LogP) is 2.29. The fourth-order valence-corrected chi connectivity index (χ4v) is 3.26. The number of piperidine rings is 1. The summed E-state index contributed by atoms with van der Waals surface area (Å²) in [6, 6.07) is 3.33. The van der Waals surface area contributed by atoms with E-state index in [1.165, 1.54) is 11.0 Å². The van der Waals surface area contributed by atoms with Crippen LogP contribution in [0.25, 0.3) is 0 Å². The summed E-state index contributed by atoms with van der Waals surface area (Å²) in [7, 11) is 0. The smallest absolute Gasteiger partial charge is 0.307 e. The minimum Gasteiger partial charge on any atom is -0.481 e. The number of hydrogen-bond acceptors (Lipinski definition) is 2. The number of rotatable bonds is 2. The molecule has 1 saturated carbocycles. The Labute approximate surface area is 120 Å². The molecule has 1 spiro atoms. The summed E-state index contributed by atoms with van der Waals surface area (Å²) in [5.74, 6) is -3.52. The van der Waals surface area contributed by atoms with Crippen LogP contribution in [0.1, 0.15) is 29.6 Å². The maximum atomic E-state index is 13.6. The van der Waals surface area contributed by atoms with Crippen LogP contribution in [0.2, 0.25) is 0 Å². The van der Waals surface area contributed by atoms with Gasteiger partial charge in [-0.3, -0.25) is 9.59 Å². The van der Waals surface area contributed by atoms with Crippen molar-refractivity contribution in [1.29, 1.82) is 0 Å². The molecule has 1 aromatic rings. The number of carbonyl (C=O) groups excluding carboxylic acids is 1. The van der Waals surface area contributed by atoms with Crippen molar-refractivity contribution >= 4 is 11.9 Å². The monoisotopic (exact) mass is 295 g/mol. The molecule has 1 amide bonds. The van der Waals surface area contributed by atoms with E-state index in [9.17, 15) is 18.4 Å². The molecule has 3 rings (SSSR count). The Bertz CT molecular complexity index is 589. The topological polar surface area (TPSA) is 57.6 Å². The number of benzene rings is 1. The normalized spacial score (nSPS) is 23.1. The van der Waals surface area contributed by atoms with E-state index in [2.05, 4.69) is 0 Å². The Morgan fingerprint density at radius 1 is 1.19 bits per heavy atom.